The molecule has 0 saturated heterocycles. The Labute approximate surface area is 221 Å². The lowest BCUT2D eigenvalue weighted by Gasteiger charge is -2.23. The maximum Gasteiger partial charge on any atom is 0.347 e. The summed E-state index contributed by atoms with van der Waals surface area (Å²) in [5.41, 5.74) is 0.194. The van der Waals surface area contributed by atoms with Crippen molar-refractivity contribution in [1.29, 1.82) is 0 Å². The van der Waals surface area contributed by atoms with Crippen LogP contribution in [-0.2, 0) is 14.6 Å². The Hall–Kier alpha value is -2.33. The topological polar surface area (TPSA) is 102 Å². The molecule has 0 aliphatic rings. The van der Waals surface area contributed by atoms with Crippen LogP contribution < -0.4 is 14.8 Å². The molecule has 1 heterocycles. The van der Waals surface area contributed by atoms with Gasteiger partial charge >= 0.3 is 5.97 Å². The summed E-state index contributed by atoms with van der Waals surface area (Å²) in [7, 11) is -3.39. The lowest BCUT2D eigenvalue weighted by Crippen LogP contribution is -2.38. The molecular formula is C26H32ClNO6S2. The van der Waals surface area contributed by atoms with Crippen molar-refractivity contribution in [2.75, 3.05) is 18.9 Å². The van der Waals surface area contributed by atoms with Crippen LogP contribution in [0, 0.1) is 13.8 Å². The van der Waals surface area contributed by atoms with Crippen LogP contribution in [0.1, 0.15) is 38.3 Å². The van der Waals surface area contributed by atoms with Gasteiger partial charge in [0.05, 0.1) is 5.75 Å². The molecule has 3 aromatic rings. The van der Waals surface area contributed by atoms with E-state index in [1.807, 2.05) is 32.9 Å². The van der Waals surface area contributed by atoms with Gasteiger partial charge in [-0.2, -0.15) is 0 Å². The van der Waals surface area contributed by atoms with Crippen LogP contribution in [0.25, 0.3) is 10.1 Å². The Morgan fingerprint density at radius 3 is 2.58 bits per heavy atom. The van der Waals surface area contributed by atoms with Gasteiger partial charge in [0.25, 0.3) is 0 Å². The highest BCUT2D eigenvalue weighted by atomic mass is 35.5. The highest BCUT2D eigenvalue weighted by Gasteiger charge is 2.30. The first-order chi connectivity index (χ1) is 16.8. The van der Waals surface area contributed by atoms with Gasteiger partial charge in [-0.1, -0.05) is 11.6 Å². The molecule has 36 heavy (non-hydrogen) atoms. The molecule has 196 valence electrons. The van der Waals surface area contributed by atoms with Crippen LogP contribution in [0.5, 0.6) is 11.5 Å². The van der Waals surface area contributed by atoms with E-state index in [2.05, 4.69) is 5.32 Å². The minimum atomic E-state index is -3.39. The van der Waals surface area contributed by atoms with Gasteiger partial charge in [0, 0.05) is 15.8 Å². The van der Waals surface area contributed by atoms with E-state index in [1.165, 1.54) is 25.2 Å². The molecule has 0 bridgehead atoms. The third kappa shape index (κ3) is 6.91. The first kappa shape index (κ1) is 28.2. The number of sulfone groups is 1. The fourth-order valence-corrected chi connectivity index (χ4v) is 7.00. The monoisotopic (exact) mass is 553 g/mol. The van der Waals surface area contributed by atoms with Gasteiger partial charge in [-0.05, 0) is 100 Å². The van der Waals surface area contributed by atoms with Gasteiger partial charge < -0.3 is 19.9 Å². The number of aryl methyl sites for hydroxylation is 2. The van der Waals surface area contributed by atoms with Crippen LogP contribution in [-0.4, -0.2) is 50.0 Å². The molecule has 2 N–H and O–H groups in total. The molecule has 7 nitrogen and oxygen atoms in total. The third-order valence-corrected chi connectivity index (χ3v) is 9.76. The molecule has 0 aliphatic heterocycles. The Morgan fingerprint density at radius 1 is 1.19 bits per heavy atom. The number of thiophene rings is 1. The highest BCUT2D eigenvalue weighted by molar-refractivity contribution is 7.93. The van der Waals surface area contributed by atoms with E-state index in [0.29, 0.717) is 40.3 Å². The predicted molar refractivity (Wildman–Crippen MR) is 145 cm³/mol. The number of benzene rings is 2. The zero-order valence-electron chi connectivity index (χ0n) is 21.1. The van der Waals surface area contributed by atoms with Crippen molar-refractivity contribution in [3.05, 3.63) is 52.5 Å². The van der Waals surface area contributed by atoms with E-state index in [4.69, 9.17) is 21.1 Å². The molecular weight excluding hydrogens is 522 g/mol. The quantitative estimate of drug-likeness (QED) is 0.280. The maximum atomic E-state index is 12.9. The molecule has 1 atom stereocenters. The summed E-state index contributed by atoms with van der Waals surface area (Å²) >= 11 is 7.36. The molecule has 0 amide bonds. The van der Waals surface area contributed by atoms with Crippen LogP contribution in [0.2, 0.25) is 5.02 Å². The minimum absolute atomic E-state index is 0.00286. The third-order valence-electron chi connectivity index (χ3n) is 5.75. The van der Waals surface area contributed by atoms with Crippen molar-refractivity contribution in [2.24, 2.45) is 0 Å². The smallest absolute Gasteiger partial charge is 0.347 e. The number of carbonyl (C=O) groups is 1. The van der Waals surface area contributed by atoms with Crippen LogP contribution in [0.15, 0.2) is 40.6 Å². The molecule has 0 fully saturated rings. The second-order valence-corrected chi connectivity index (χ2v) is 13.1. The van der Waals surface area contributed by atoms with E-state index < -0.39 is 21.4 Å². The zero-order valence-corrected chi connectivity index (χ0v) is 23.4. The zero-order chi connectivity index (χ0) is 26.7. The largest absolute Gasteiger partial charge is 0.492 e. The molecule has 10 heteroatoms. The summed E-state index contributed by atoms with van der Waals surface area (Å²) in [6.07, 6.45) is 0.478. The fourth-order valence-electron chi connectivity index (χ4n) is 3.60. The molecule has 0 saturated carbocycles. The lowest BCUT2D eigenvalue weighted by molar-refractivity contribution is -0.152. The first-order valence-corrected chi connectivity index (χ1v) is 14.5. The second-order valence-electron chi connectivity index (χ2n) is 9.34. The second kappa shape index (κ2) is 11.4. The van der Waals surface area contributed by atoms with E-state index in [0.717, 1.165) is 21.2 Å². The Morgan fingerprint density at radius 2 is 1.92 bits per heavy atom. The van der Waals surface area contributed by atoms with Gasteiger partial charge in [-0.25, -0.2) is 13.2 Å². The Balaban J connectivity index is 1.47. The summed E-state index contributed by atoms with van der Waals surface area (Å²) in [5, 5.41) is 14.0. The van der Waals surface area contributed by atoms with Gasteiger partial charge in [-0.3, -0.25) is 0 Å². The summed E-state index contributed by atoms with van der Waals surface area (Å²) in [6.45, 7) is 9.55. The number of hydrogen-bond acceptors (Lipinski definition) is 7. The summed E-state index contributed by atoms with van der Waals surface area (Å²) < 4.78 is 38.6. The molecule has 0 spiro atoms. The summed E-state index contributed by atoms with van der Waals surface area (Å²) in [4.78, 5) is 11.3. The number of nitrogens with one attached hydrogen (secondary N) is 1. The average molecular weight is 554 g/mol. The minimum Gasteiger partial charge on any atom is -0.492 e. The van der Waals surface area contributed by atoms with Gasteiger partial charge in [-0.15, -0.1) is 11.3 Å². The number of carboxylic acid groups (broad SMARTS) is 1. The highest BCUT2D eigenvalue weighted by Crippen LogP contribution is 2.36. The predicted octanol–water partition coefficient (Wildman–Crippen LogP) is 5.63. The van der Waals surface area contributed by atoms with Crippen molar-refractivity contribution in [1.82, 2.24) is 5.32 Å². The van der Waals surface area contributed by atoms with Crippen molar-refractivity contribution < 1.29 is 27.8 Å². The number of halogens is 1. The van der Waals surface area contributed by atoms with Crippen molar-refractivity contribution >= 4 is 48.8 Å². The molecule has 3 rings (SSSR count). The normalized spacial score (nSPS) is 13.1. The summed E-state index contributed by atoms with van der Waals surface area (Å²) in [5.74, 6) is 0.143. The number of hydrogen-bond donors (Lipinski definition) is 2. The summed E-state index contributed by atoms with van der Waals surface area (Å²) in [6, 6.07) is 10.7. The van der Waals surface area contributed by atoms with E-state index in [-0.39, 0.29) is 11.8 Å². The first-order valence-electron chi connectivity index (χ1n) is 11.6. The maximum absolute atomic E-state index is 12.9. The fraction of sp³-hybridized carbons (Fsp3) is 0.423. The number of fused-ring (bicyclic) bond motifs is 1. The number of carboxylic acids is 1. The van der Waals surface area contributed by atoms with E-state index >= 15 is 0 Å². The molecule has 1 unspecified atom stereocenters. The number of aliphatic carboxylic acids is 1. The van der Waals surface area contributed by atoms with Crippen LogP contribution in [0.3, 0.4) is 0 Å². The Kier molecular flexibility index (Phi) is 8.93. The molecule has 0 aliphatic carbocycles. The van der Waals surface area contributed by atoms with Crippen LogP contribution >= 0.6 is 22.9 Å². The SMILES string of the molecule is Cc1cc(OCC(C)NCCCS(=O)(=O)c2sc3ccc(Cl)cc3c2C)ccc1OC(C)(C)C(=O)O. The molecule has 2 aromatic carbocycles. The van der Waals surface area contributed by atoms with Gasteiger partial charge in [0.2, 0.25) is 0 Å². The van der Waals surface area contributed by atoms with Gasteiger partial charge in [0.1, 0.15) is 22.3 Å². The van der Waals surface area contributed by atoms with Gasteiger partial charge in [0.15, 0.2) is 15.4 Å². The number of ether oxygens (including phenoxy) is 2. The van der Waals surface area contributed by atoms with Crippen molar-refractivity contribution in [2.45, 2.75) is 56.9 Å². The number of rotatable bonds is 12. The molecule has 1 aromatic heterocycles. The Bertz CT molecular complexity index is 1350. The van der Waals surface area contributed by atoms with Crippen molar-refractivity contribution in [3.8, 4) is 11.5 Å². The van der Waals surface area contributed by atoms with E-state index in [9.17, 15) is 18.3 Å². The lowest BCUT2D eigenvalue weighted by atomic mass is 10.1. The molecule has 0 radical (unpaired) electrons. The van der Waals surface area contributed by atoms with Crippen LogP contribution in [0.4, 0.5) is 0 Å². The van der Waals surface area contributed by atoms with E-state index in [1.54, 1.807) is 24.3 Å². The van der Waals surface area contributed by atoms with Crippen molar-refractivity contribution in [3.63, 3.8) is 0 Å². The standard InChI is InChI=1S/C26H32ClNO6S2/c1-16-13-20(8-9-22(16)34-26(4,5)25(29)30)33-15-17(2)28-11-6-12-36(31,32)24-18(3)21-14-19(27)7-10-23(21)35-24/h7-10,13-14,17,28H,6,11-12,15H2,1-5H3,(H,29,30). The average Bonchev–Trinajstić information content (AvgIpc) is 3.13.